The van der Waals surface area contributed by atoms with E-state index in [0.717, 1.165) is 38.9 Å². The predicted octanol–water partition coefficient (Wildman–Crippen LogP) is 0.548. The molecular formula is C8H18O3. The summed E-state index contributed by atoms with van der Waals surface area (Å²) in [6.45, 7) is 1.96. The van der Waals surface area contributed by atoms with E-state index in [4.69, 9.17) is 14.9 Å². The van der Waals surface area contributed by atoms with Crippen LogP contribution in [0.5, 0.6) is 0 Å². The van der Waals surface area contributed by atoms with Gasteiger partial charge in [0.25, 0.3) is 0 Å². The van der Waals surface area contributed by atoms with E-state index < -0.39 is 0 Å². The molecule has 0 aromatic carbocycles. The molecule has 0 spiro atoms. The minimum Gasteiger partial charge on any atom is -0.396 e. The van der Waals surface area contributed by atoms with Gasteiger partial charge in [-0.15, -0.1) is 0 Å². The largest absolute Gasteiger partial charge is 0.396 e. The number of ether oxygens (including phenoxy) is 1. The quantitative estimate of drug-likeness (QED) is 0.512. The first-order chi connectivity index (χ1) is 5.41. The van der Waals surface area contributed by atoms with Crippen LogP contribution in [0.3, 0.4) is 0 Å². The lowest BCUT2D eigenvalue weighted by Crippen LogP contribution is -1.98. The van der Waals surface area contributed by atoms with Gasteiger partial charge in [0, 0.05) is 26.4 Å². The van der Waals surface area contributed by atoms with Crippen LogP contribution >= 0.6 is 0 Å². The number of hydrogen-bond acceptors (Lipinski definition) is 3. The van der Waals surface area contributed by atoms with Gasteiger partial charge in [-0.1, -0.05) is 0 Å². The normalized spacial score (nSPS) is 10.4. The second-order valence-corrected chi connectivity index (χ2v) is 2.47. The van der Waals surface area contributed by atoms with Gasteiger partial charge in [-0.3, -0.25) is 0 Å². The van der Waals surface area contributed by atoms with Gasteiger partial charge in [0.1, 0.15) is 0 Å². The Kier molecular flexibility index (Phi) is 9.77. The highest BCUT2D eigenvalue weighted by Gasteiger charge is 1.88. The van der Waals surface area contributed by atoms with Crippen LogP contribution < -0.4 is 0 Å². The highest BCUT2D eigenvalue weighted by atomic mass is 16.5. The molecule has 2 N–H and O–H groups in total. The van der Waals surface area contributed by atoms with Gasteiger partial charge in [0.2, 0.25) is 0 Å². The van der Waals surface area contributed by atoms with E-state index in [0.29, 0.717) is 0 Å². The van der Waals surface area contributed by atoms with Gasteiger partial charge in [0.15, 0.2) is 0 Å². The second kappa shape index (κ2) is 9.88. The molecule has 11 heavy (non-hydrogen) atoms. The van der Waals surface area contributed by atoms with Gasteiger partial charge in [-0.2, -0.15) is 0 Å². The summed E-state index contributed by atoms with van der Waals surface area (Å²) in [7, 11) is 0. The van der Waals surface area contributed by atoms with Crippen LogP contribution in [0, 0.1) is 0 Å². The molecule has 0 aromatic rings. The lowest BCUT2D eigenvalue weighted by molar-refractivity contribution is 0.117. The van der Waals surface area contributed by atoms with Crippen molar-refractivity contribution in [2.75, 3.05) is 26.4 Å². The Morgan fingerprint density at radius 3 is 1.55 bits per heavy atom. The fourth-order valence-corrected chi connectivity index (χ4v) is 0.734. The summed E-state index contributed by atoms with van der Waals surface area (Å²) in [5.74, 6) is 0. The van der Waals surface area contributed by atoms with Crippen molar-refractivity contribution in [3.63, 3.8) is 0 Å². The highest BCUT2D eigenvalue weighted by molar-refractivity contribution is 4.38. The molecule has 0 radical (unpaired) electrons. The Morgan fingerprint density at radius 2 is 1.18 bits per heavy atom. The van der Waals surface area contributed by atoms with Crippen molar-refractivity contribution in [3.05, 3.63) is 0 Å². The third-order valence-corrected chi connectivity index (χ3v) is 1.39. The molecule has 0 bridgehead atoms. The number of rotatable bonds is 8. The van der Waals surface area contributed by atoms with Crippen molar-refractivity contribution in [1.82, 2.24) is 0 Å². The van der Waals surface area contributed by atoms with Crippen molar-refractivity contribution in [1.29, 1.82) is 0 Å². The van der Waals surface area contributed by atoms with E-state index in [-0.39, 0.29) is 13.2 Å². The Hall–Kier alpha value is -0.120. The molecule has 0 amide bonds. The van der Waals surface area contributed by atoms with Crippen molar-refractivity contribution in [2.45, 2.75) is 25.7 Å². The van der Waals surface area contributed by atoms with Gasteiger partial charge >= 0.3 is 0 Å². The summed E-state index contributed by atoms with van der Waals surface area (Å²) < 4.78 is 5.22. The van der Waals surface area contributed by atoms with Crippen LogP contribution in [-0.2, 0) is 4.74 Å². The molecule has 3 heteroatoms. The topological polar surface area (TPSA) is 49.7 Å². The summed E-state index contributed by atoms with van der Waals surface area (Å²) in [6.07, 6.45) is 3.49. The van der Waals surface area contributed by atoms with Gasteiger partial charge in [0.05, 0.1) is 0 Å². The Labute approximate surface area is 68.0 Å². The molecule has 0 unspecified atom stereocenters. The zero-order chi connectivity index (χ0) is 8.36. The molecular weight excluding hydrogens is 144 g/mol. The summed E-state index contributed by atoms with van der Waals surface area (Å²) in [4.78, 5) is 0. The minimum absolute atomic E-state index is 0.250. The van der Waals surface area contributed by atoms with Gasteiger partial charge in [-0.25, -0.2) is 0 Å². The smallest absolute Gasteiger partial charge is 0.0466 e. The molecule has 0 atom stereocenters. The number of aliphatic hydroxyl groups is 2. The molecule has 0 aliphatic carbocycles. The van der Waals surface area contributed by atoms with Crippen molar-refractivity contribution < 1.29 is 14.9 Å². The molecule has 0 saturated carbocycles. The van der Waals surface area contributed by atoms with Crippen LogP contribution in [-0.4, -0.2) is 36.6 Å². The maximum absolute atomic E-state index is 8.42. The molecule has 0 aromatic heterocycles. The Morgan fingerprint density at radius 1 is 0.727 bits per heavy atom. The summed E-state index contributed by atoms with van der Waals surface area (Å²) in [6, 6.07) is 0. The summed E-state index contributed by atoms with van der Waals surface area (Å²) >= 11 is 0. The molecule has 0 heterocycles. The third-order valence-electron chi connectivity index (χ3n) is 1.39. The lowest BCUT2D eigenvalue weighted by Gasteiger charge is -2.01. The molecule has 0 aliphatic heterocycles. The number of hydrogen-bond donors (Lipinski definition) is 2. The molecule has 0 aliphatic rings. The lowest BCUT2D eigenvalue weighted by atomic mass is 10.3. The Bertz CT molecular complexity index is 58.4. The van der Waals surface area contributed by atoms with Crippen LogP contribution in [0.15, 0.2) is 0 Å². The fraction of sp³-hybridized carbons (Fsp3) is 1.00. The highest BCUT2D eigenvalue weighted by Crippen LogP contribution is 1.92. The zero-order valence-corrected chi connectivity index (χ0v) is 6.96. The van der Waals surface area contributed by atoms with Crippen LogP contribution in [0.2, 0.25) is 0 Å². The second-order valence-electron chi connectivity index (χ2n) is 2.47. The predicted molar refractivity (Wildman–Crippen MR) is 43.5 cm³/mol. The van der Waals surface area contributed by atoms with E-state index in [1.807, 2.05) is 0 Å². The molecule has 0 fully saturated rings. The van der Waals surface area contributed by atoms with Crippen LogP contribution in [0.1, 0.15) is 25.7 Å². The summed E-state index contributed by atoms with van der Waals surface area (Å²) in [5.41, 5.74) is 0. The number of unbranched alkanes of at least 4 members (excludes halogenated alkanes) is 2. The number of aliphatic hydroxyl groups excluding tert-OH is 2. The molecule has 3 nitrogen and oxygen atoms in total. The first kappa shape index (κ1) is 10.9. The maximum Gasteiger partial charge on any atom is 0.0466 e. The minimum atomic E-state index is 0.250. The zero-order valence-electron chi connectivity index (χ0n) is 6.96. The van der Waals surface area contributed by atoms with E-state index in [1.54, 1.807) is 0 Å². The maximum atomic E-state index is 8.42. The molecule has 68 valence electrons. The van der Waals surface area contributed by atoms with Gasteiger partial charge < -0.3 is 14.9 Å². The van der Waals surface area contributed by atoms with E-state index >= 15 is 0 Å². The van der Waals surface area contributed by atoms with E-state index in [1.165, 1.54) is 0 Å². The van der Waals surface area contributed by atoms with E-state index in [2.05, 4.69) is 0 Å². The SMILES string of the molecule is OCCCCOCCCCO. The molecule has 0 saturated heterocycles. The van der Waals surface area contributed by atoms with Crippen LogP contribution in [0.4, 0.5) is 0 Å². The monoisotopic (exact) mass is 162 g/mol. The average molecular weight is 162 g/mol. The molecule has 0 rings (SSSR count). The average Bonchev–Trinajstić information content (AvgIpc) is 2.03. The summed E-state index contributed by atoms with van der Waals surface area (Å²) in [5, 5.41) is 16.8. The first-order valence-electron chi connectivity index (χ1n) is 4.21. The van der Waals surface area contributed by atoms with Crippen LogP contribution in [0.25, 0.3) is 0 Å². The van der Waals surface area contributed by atoms with Crippen molar-refractivity contribution in [3.8, 4) is 0 Å². The van der Waals surface area contributed by atoms with E-state index in [9.17, 15) is 0 Å². The fourth-order valence-electron chi connectivity index (χ4n) is 0.734. The van der Waals surface area contributed by atoms with Crippen molar-refractivity contribution >= 4 is 0 Å². The standard InChI is InChI=1S/C8H18O3/c9-5-1-3-7-11-8-4-2-6-10/h9-10H,1-8H2. The van der Waals surface area contributed by atoms with Gasteiger partial charge in [-0.05, 0) is 25.7 Å². The Balaban J connectivity index is 2.69. The first-order valence-corrected chi connectivity index (χ1v) is 4.21. The van der Waals surface area contributed by atoms with Crippen molar-refractivity contribution in [2.24, 2.45) is 0 Å². The third kappa shape index (κ3) is 9.88.